The summed E-state index contributed by atoms with van der Waals surface area (Å²) in [6, 6.07) is 8.82. The van der Waals surface area contributed by atoms with Gasteiger partial charge < -0.3 is 0 Å². The third kappa shape index (κ3) is 1.39. The number of fused-ring (bicyclic) bond motifs is 1. The van der Waals surface area contributed by atoms with E-state index in [-0.39, 0.29) is 17.9 Å². The van der Waals surface area contributed by atoms with Crippen LogP contribution in [0, 0.1) is 0 Å². The number of carbonyl (C=O) groups excluding carboxylic acids is 2. The Morgan fingerprint density at radius 3 is 2.53 bits per heavy atom. The maximum Gasteiger partial charge on any atom is 0.256 e. The lowest BCUT2D eigenvalue weighted by molar-refractivity contribution is -0.127. The Morgan fingerprint density at radius 1 is 1.18 bits per heavy atom. The Balaban J connectivity index is 2.02. The van der Waals surface area contributed by atoms with Gasteiger partial charge in [-0.15, -0.1) is 0 Å². The first-order valence-corrected chi connectivity index (χ1v) is 5.86. The van der Waals surface area contributed by atoms with Crippen LogP contribution in [-0.2, 0) is 9.59 Å². The van der Waals surface area contributed by atoms with Crippen molar-refractivity contribution in [2.24, 2.45) is 0 Å². The Morgan fingerprint density at radius 2 is 1.88 bits per heavy atom. The number of hydrogen-bond donors (Lipinski definition) is 0. The largest absolute Gasteiger partial charge is 0.276 e. The summed E-state index contributed by atoms with van der Waals surface area (Å²) in [6.45, 7) is 0. The van der Waals surface area contributed by atoms with Crippen molar-refractivity contribution >= 4 is 34.8 Å². The Hall–Kier alpha value is -1.75. The van der Waals surface area contributed by atoms with Crippen molar-refractivity contribution in [3.05, 3.63) is 30.3 Å². The number of rotatable bonds is 1. The zero-order valence-electron chi connectivity index (χ0n) is 9.00. The first-order chi connectivity index (χ1) is 8.20. The fraction of sp³-hybridized carbons (Fsp3) is 0.250. The summed E-state index contributed by atoms with van der Waals surface area (Å²) in [6.07, 6.45) is 0.986. The van der Waals surface area contributed by atoms with Crippen LogP contribution in [0.1, 0.15) is 12.8 Å². The lowest BCUT2D eigenvalue weighted by Crippen LogP contribution is -2.35. The number of benzene rings is 1. The van der Waals surface area contributed by atoms with E-state index in [0.29, 0.717) is 18.0 Å². The highest BCUT2D eigenvalue weighted by atomic mass is 32.1. The van der Waals surface area contributed by atoms with Crippen molar-refractivity contribution in [3.63, 3.8) is 0 Å². The minimum absolute atomic E-state index is 0.0493. The van der Waals surface area contributed by atoms with Crippen molar-refractivity contribution < 1.29 is 9.59 Å². The van der Waals surface area contributed by atoms with Gasteiger partial charge in [-0.05, 0) is 30.8 Å². The van der Waals surface area contributed by atoms with E-state index in [1.54, 1.807) is 0 Å². The summed E-state index contributed by atoms with van der Waals surface area (Å²) in [5.74, 6) is -0.140. The van der Waals surface area contributed by atoms with E-state index in [2.05, 4.69) is 0 Å². The lowest BCUT2D eigenvalue weighted by atomic mass is 10.2. The van der Waals surface area contributed by atoms with Gasteiger partial charge in [-0.3, -0.25) is 19.4 Å². The molecular weight excluding hydrogens is 236 g/mol. The molecule has 3 rings (SSSR count). The SMILES string of the molecule is O=C1C2CCC(=O)N2C(=S)N1c1ccccc1. The minimum atomic E-state index is -0.379. The van der Waals surface area contributed by atoms with Crippen molar-refractivity contribution in [2.45, 2.75) is 18.9 Å². The van der Waals surface area contributed by atoms with Gasteiger partial charge in [0.25, 0.3) is 5.91 Å². The van der Waals surface area contributed by atoms with Gasteiger partial charge in [0.05, 0.1) is 5.69 Å². The van der Waals surface area contributed by atoms with E-state index in [9.17, 15) is 9.59 Å². The number of para-hydroxylation sites is 1. The van der Waals surface area contributed by atoms with Crippen LogP contribution in [-0.4, -0.2) is 27.9 Å². The summed E-state index contributed by atoms with van der Waals surface area (Å²) in [7, 11) is 0. The first kappa shape index (κ1) is 10.4. The third-order valence-corrected chi connectivity index (χ3v) is 3.51. The van der Waals surface area contributed by atoms with E-state index >= 15 is 0 Å². The smallest absolute Gasteiger partial charge is 0.256 e. The molecule has 2 amide bonds. The van der Waals surface area contributed by atoms with E-state index < -0.39 is 0 Å². The van der Waals surface area contributed by atoms with E-state index in [0.717, 1.165) is 5.69 Å². The van der Waals surface area contributed by atoms with E-state index in [1.165, 1.54) is 9.80 Å². The second-order valence-corrected chi connectivity index (χ2v) is 4.48. The number of carbonyl (C=O) groups is 2. The summed E-state index contributed by atoms with van der Waals surface area (Å²) in [5.41, 5.74) is 0.727. The molecule has 0 bridgehead atoms. The van der Waals surface area contributed by atoms with Crippen molar-refractivity contribution in [1.82, 2.24) is 4.90 Å². The molecule has 2 aliphatic rings. The van der Waals surface area contributed by atoms with Crippen LogP contribution in [0.4, 0.5) is 5.69 Å². The Kier molecular flexibility index (Phi) is 2.22. The van der Waals surface area contributed by atoms with Gasteiger partial charge in [0.1, 0.15) is 6.04 Å². The molecule has 0 aromatic heterocycles. The molecule has 5 heteroatoms. The molecule has 0 spiro atoms. The highest BCUT2D eigenvalue weighted by molar-refractivity contribution is 7.80. The van der Waals surface area contributed by atoms with Gasteiger partial charge >= 0.3 is 0 Å². The number of nitrogens with zero attached hydrogens (tertiary/aromatic N) is 2. The van der Waals surface area contributed by atoms with Crippen LogP contribution in [0.25, 0.3) is 0 Å². The molecule has 0 saturated carbocycles. The van der Waals surface area contributed by atoms with Crippen LogP contribution in [0.3, 0.4) is 0 Å². The molecule has 1 atom stereocenters. The number of anilines is 1. The Bertz CT molecular complexity index is 514. The highest BCUT2D eigenvalue weighted by Crippen LogP contribution is 2.31. The Labute approximate surface area is 104 Å². The van der Waals surface area contributed by atoms with Gasteiger partial charge in [-0.1, -0.05) is 18.2 Å². The molecule has 1 unspecified atom stereocenters. The fourth-order valence-electron chi connectivity index (χ4n) is 2.32. The van der Waals surface area contributed by atoms with Crippen molar-refractivity contribution in [3.8, 4) is 0 Å². The van der Waals surface area contributed by atoms with Gasteiger partial charge in [0.15, 0.2) is 5.11 Å². The minimum Gasteiger partial charge on any atom is -0.276 e. The first-order valence-electron chi connectivity index (χ1n) is 5.45. The molecule has 86 valence electrons. The normalized spacial score (nSPS) is 23.5. The summed E-state index contributed by atoms with van der Waals surface area (Å²) in [4.78, 5) is 26.7. The maximum atomic E-state index is 12.2. The predicted octanol–water partition coefficient (Wildman–Crippen LogP) is 1.31. The van der Waals surface area contributed by atoms with Crippen LogP contribution < -0.4 is 4.90 Å². The van der Waals surface area contributed by atoms with Crippen molar-refractivity contribution in [1.29, 1.82) is 0 Å². The standard InChI is InChI=1S/C12H10N2O2S/c15-10-7-6-9-11(16)13(12(17)14(9)10)8-4-2-1-3-5-8/h1-5,9H,6-7H2. The molecule has 1 aromatic rings. The van der Waals surface area contributed by atoms with Gasteiger partial charge in [0.2, 0.25) is 5.91 Å². The summed E-state index contributed by atoms with van der Waals surface area (Å²) in [5, 5.41) is 0.314. The zero-order chi connectivity index (χ0) is 12.0. The average Bonchev–Trinajstić information content (AvgIpc) is 2.82. The van der Waals surface area contributed by atoms with Gasteiger partial charge in [0, 0.05) is 6.42 Å². The molecule has 4 nitrogen and oxygen atoms in total. The topological polar surface area (TPSA) is 40.6 Å². The molecular formula is C12H10N2O2S. The summed E-state index contributed by atoms with van der Waals surface area (Å²) < 4.78 is 0. The molecule has 17 heavy (non-hydrogen) atoms. The molecule has 2 fully saturated rings. The number of thiocarbonyl (C=S) groups is 1. The lowest BCUT2D eigenvalue weighted by Gasteiger charge is -2.17. The number of amides is 2. The van der Waals surface area contributed by atoms with Gasteiger partial charge in [-0.25, -0.2) is 0 Å². The maximum absolute atomic E-state index is 12.2. The second kappa shape index (κ2) is 3.63. The van der Waals surface area contributed by atoms with Gasteiger partial charge in [-0.2, -0.15) is 0 Å². The number of hydrogen-bond acceptors (Lipinski definition) is 3. The quantitative estimate of drug-likeness (QED) is 0.701. The monoisotopic (exact) mass is 246 g/mol. The van der Waals surface area contributed by atoms with Crippen LogP contribution in [0.5, 0.6) is 0 Å². The molecule has 0 radical (unpaired) electrons. The van der Waals surface area contributed by atoms with Crippen LogP contribution in [0.15, 0.2) is 30.3 Å². The van der Waals surface area contributed by atoms with Crippen LogP contribution in [0.2, 0.25) is 0 Å². The molecule has 0 N–H and O–H groups in total. The van der Waals surface area contributed by atoms with E-state index in [4.69, 9.17) is 12.2 Å². The molecule has 2 heterocycles. The molecule has 1 aromatic carbocycles. The van der Waals surface area contributed by atoms with Crippen LogP contribution >= 0.6 is 12.2 Å². The highest BCUT2D eigenvalue weighted by Gasteiger charge is 2.49. The summed E-state index contributed by atoms with van der Waals surface area (Å²) >= 11 is 5.22. The fourth-order valence-corrected chi connectivity index (χ4v) is 2.75. The zero-order valence-corrected chi connectivity index (χ0v) is 9.81. The third-order valence-electron chi connectivity index (χ3n) is 3.13. The van der Waals surface area contributed by atoms with Crippen molar-refractivity contribution in [2.75, 3.05) is 4.90 Å². The molecule has 2 saturated heterocycles. The second-order valence-electron chi connectivity index (χ2n) is 4.11. The predicted molar refractivity (Wildman–Crippen MR) is 66.4 cm³/mol. The molecule has 0 aliphatic carbocycles. The average molecular weight is 246 g/mol. The van der Waals surface area contributed by atoms with E-state index in [1.807, 2.05) is 30.3 Å². The molecule has 2 aliphatic heterocycles.